The van der Waals surface area contributed by atoms with Crippen molar-refractivity contribution in [2.24, 2.45) is 5.73 Å². The number of rotatable bonds is 3. The molecule has 1 aromatic rings. The molecule has 70 valence electrons. The third-order valence-corrected chi connectivity index (χ3v) is 1.80. The van der Waals surface area contributed by atoms with Crippen LogP contribution < -0.4 is 5.73 Å². The van der Waals surface area contributed by atoms with Crippen molar-refractivity contribution in [3.05, 3.63) is 29.6 Å². The molecule has 1 aromatic heterocycles. The summed E-state index contributed by atoms with van der Waals surface area (Å²) in [6, 6.07) is 3.74. The normalized spacial score (nSPS) is 12.5. The molecule has 3 heteroatoms. The fourth-order valence-electron chi connectivity index (χ4n) is 1.13. The van der Waals surface area contributed by atoms with Gasteiger partial charge in [0.05, 0.1) is 0 Å². The van der Waals surface area contributed by atoms with Gasteiger partial charge in [0.1, 0.15) is 5.78 Å². The van der Waals surface area contributed by atoms with Crippen LogP contribution in [0.4, 0.5) is 0 Å². The van der Waals surface area contributed by atoms with Crippen LogP contribution in [-0.4, -0.2) is 10.8 Å². The molecule has 0 aliphatic heterocycles. The van der Waals surface area contributed by atoms with Crippen molar-refractivity contribution in [3.8, 4) is 0 Å². The van der Waals surface area contributed by atoms with Gasteiger partial charge in [0.25, 0.3) is 0 Å². The lowest BCUT2D eigenvalue weighted by Gasteiger charge is -2.06. The van der Waals surface area contributed by atoms with Crippen molar-refractivity contribution < 1.29 is 4.79 Å². The van der Waals surface area contributed by atoms with Gasteiger partial charge in [0, 0.05) is 24.4 Å². The summed E-state index contributed by atoms with van der Waals surface area (Å²) in [4.78, 5) is 14.9. The molecule has 0 aliphatic rings. The average molecular weight is 178 g/mol. The van der Waals surface area contributed by atoms with Crippen LogP contribution in [0.3, 0.4) is 0 Å². The van der Waals surface area contributed by atoms with E-state index in [1.54, 1.807) is 13.1 Å². The van der Waals surface area contributed by atoms with Gasteiger partial charge in [0.2, 0.25) is 0 Å². The first-order chi connectivity index (χ1) is 6.09. The minimum atomic E-state index is -0.00583. The highest BCUT2D eigenvalue weighted by atomic mass is 16.1. The largest absolute Gasteiger partial charge is 0.324 e. The van der Waals surface area contributed by atoms with Crippen molar-refractivity contribution in [1.82, 2.24) is 4.98 Å². The average Bonchev–Trinajstić information content (AvgIpc) is 2.03. The van der Waals surface area contributed by atoms with Crippen molar-refractivity contribution in [3.63, 3.8) is 0 Å². The number of pyridine rings is 1. The molecule has 3 nitrogen and oxygen atoms in total. The van der Waals surface area contributed by atoms with Gasteiger partial charge >= 0.3 is 0 Å². The maximum Gasteiger partial charge on any atom is 0.135 e. The van der Waals surface area contributed by atoms with E-state index in [1.165, 1.54) is 0 Å². The molecule has 0 spiro atoms. The summed E-state index contributed by atoms with van der Waals surface area (Å²) in [7, 11) is 0. The Balaban J connectivity index is 2.85. The summed E-state index contributed by atoms with van der Waals surface area (Å²) in [5.74, 6) is 0.120. The molecular formula is C10H14N2O. The van der Waals surface area contributed by atoms with Crippen molar-refractivity contribution in [1.29, 1.82) is 0 Å². The minimum Gasteiger partial charge on any atom is -0.324 e. The van der Waals surface area contributed by atoms with Crippen LogP contribution in [0, 0.1) is 0 Å². The lowest BCUT2D eigenvalue weighted by molar-refractivity contribution is -0.116. The summed E-state index contributed by atoms with van der Waals surface area (Å²) in [6.45, 7) is 3.47. The van der Waals surface area contributed by atoms with E-state index >= 15 is 0 Å². The van der Waals surface area contributed by atoms with Gasteiger partial charge in [-0.2, -0.15) is 0 Å². The first-order valence-electron chi connectivity index (χ1n) is 4.29. The third kappa shape index (κ3) is 2.95. The quantitative estimate of drug-likeness (QED) is 0.757. The molecular weight excluding hydrogens is 164 g/mol. The second-order valence-electron chi connectivity index (χ2n) is 3.25. The lowest BCUT2D eigenvalue weighted by atomic mass is 10.1. The highest BCUT2D eigenvalue weighted by molar-refractivity contribution is 5.77. The van der Waals surface area contributed by atoms with Crippen LogP contribution in [0.25, 0.3) is 0 Å². The first kappa shape index (κ1) is 9.86. The Bertz CT molecular complexity index is 308. The summed E-state index contributed by atoms with van der Waals surface area (Å²) in [5.41, 5.74) is 7.51. The molecule has 1 unspecified atom stereocenters. The minimum absolute atomic E-state index is 0.00583. The molecule has 0 aliphatic carbocycles. The zero-order chi connectivity index (χ0) is 9.84. The Morgan fingerprint density at radius 2 is 2.38 bits per heavy atom. The summed E-state index contributed by atoms with van der Waals surface area (Å²) < 4.78 is 0. The molecule has 1 atom stereocenters. The van der Waals surface area contributed by atoms with Gasteiger partial charge < -0.3 is 5.73 Å². The summed E-state index contributed by atoms with van der Waals surface area (Å²) in [5, 5.41) is 0. The predicted octanol–water partition coefficient (Wildman–Crippen LogP) is 1.23. The molecule has 1 rings (SSSR count). The molecule has 0 aromatic carbocycles. The van der Waals surface area contributed by atoms with Crippen LogP contribution in [0.2, 0.25) is 0 Å². The number of carbonyl (C=O) groups is 1. The van der Waals surface area contributed by atoms with Gasteiger partial charge in [0.15, 0.2) is 0 Å². The second kappa shape index (κ2) is 4.14. The molecule has 13 heavy (non-hydrogen) atoms. The van der Waals surface area contributed by atoms with Crippen LogP contribution in [0.5, 0.6) is 0 Å². The zero-order valence-corrected chi connectivity index (χ0v) is 7.95. The van der Waals surface area contributed by atoms with Crippen LogP contribution in [0.1, 0.15) is 31.1 Å². The highest BCUT2D eigenvalue weighted by Crippen LogP contribution is 2.09. The molecule has 0 saturated carbocycles. The Kier molecular flexibility index (Phi) is 3.14. The molecule has 0 bridgehead atoms. The topological polar surface area (TPSA) is 56.0 Å². The fraction of sp³-hybridized carbons (Fsp3) is 0.400. The molecule has 1 heterocycles. The van der Waals surface area contributed by atoms with Gasteiger partial charge in [-0.1, -0.05) is 0 Å². The van der Waals surface area contributed by atoms with E-state index in [0.29, 0.717) is 6.42 Å². The van der Waals surface area contributed by atoms with Gasteiger partial charge in [-0.15, -0.1) is 0 Å². The lowest BCUT2D eigenvalue weighted by Crippen LogP contribution is -2.07. The highest BCUT2D eigenvalue weighted by Gasteiger charge is 2.03. The molecule has 0 fully saturated rings. The SMILES string of the molecule is CC(=O)Cc1cc(C(C)N)ccn1. The number of Topliss-reactive ketones (excluding diaryl/α,β-unsaturated/α-hetero) is 1. The zero-order valence-electron chi connectivity index (χ0n) is 7.95. The molecule has 2 N–H and O–H groups in total. The fourth-order valence-corrected chi connectivity index (χ4v) is 1.13. The van der Waals surface area contributed by atoms with Crippen molar-refractivity contribution in [2.45, 2.75) is 26.3 Å². The van der Waals surface area contributed by atoms with Crippen molar-refractivity contribution >= 4 is 5.78 Å². The molecule has 0 amide bonds. The number of ketones is 1. The second-order valence-corrected chi connectivity index (χ2v) is 3.25. The van der Waals surface area contributed by atoms with Gasteiger partial charge in [-0.05, 0) is 31.5 Å². The van der Waals surface area contributed by atoms with Gasteiger partial charge in [-0.3, -0.25) is 9.78 Å². The number of carbonyl (C=O) groups excluding carboxylic acids is 1. The monoisotopic (exact) mass is 178 g/mol. The van der Waals surface area contributed by atoms with Crippen LogP contribution in [0.15, 0.2) is 18.3 Å². The van der Waals surface area contributed by atoms with E-state index in [-0.39, 0.29) is 11.8 Å². The maximum atomic E-state index is 10.8. The summed E-state index contributed by atoms with van der Waals surface area (Å²) >= 11 is 0. The Hall–Kier alpha value is -1.22. The third-order valence-electron chi connectivity index (χ3n) is 1.80. The number of nitrogens with zero attached hydrogens (tertiary/aromatic N) is 1. The summed E-state index contributed by atoms with van der Waals surface area (Å²) in [6.07, 6.45) is 2.08. The number of aromatic nitrogens is 1. The molecule has 0 radical (unpaired) electrons. The van der Waals surface area contributed by atoms with E-state index < -0.39 is 0 Å². The number of nitrogens with two attached hydrogens (primary N) is 1. The van der Waals surface area contributed by atoms with E-state index in [4.69, 9.17) is 5.73 Å². The number of hydrogen-bond acceptors (Lipinski definition) is 3. The first-order valence-corrected chi connectivity index (χ1v) is 4.29. The van der Waals surface area contributed by atoms with Crippen LogP contribution >= 0.6 is 0 Å². The van der Waals surface area contributed by atoms with Gasteiger partial charge in [-0.25, -0.2) is 0 Å². The van der Waals surface area contributed by atoms with Crippen molar-refractivity contribution in [2.75, 3.05) is 0 Å². The van der Waals surface area contributed by atoms with E-state index in [2.05, 4.69) is 4.98 Å². The van der Waals surface area contributed by atoms with E-state index in [0.717, 1.165) is 11.3 Å². The number of hydrogen-bond donors (Lipinski definition) is 1. The van der Waals surface area contributed by atoms with Crippen LogP contribution in [-0.2, 0) is 11.2 Å². The van der Waals surface area contributed by atoms with E-state index in [1.807, 2.05) is 19.1 Å². The maximum absolute atomic E-state index is 10.8. The molecule has 0 saturated heterocycles. The predicted molar refractivity (Wildman–Crippen MR) is 51.2 cm³/mol. The Morgan fingerprint density at radius 3 is 2.92 bits per heavy atom. The van der Waals surface area contributed by atoms with E-state index in [9.17, 15) is 4.79 Å². The Labute approximate surface area is 78.0 Å². The standard InChI is InChI=1S/C10H14N2O/c1-7(13)5-10-6-9(8(2)11)3-4-12-10/h3-4,6,8H,5,11H2,1-2H3. The smallest absolute Gasteiger partial charge is 0.135 e. The Morgan fingerprint density at radius 1 is 1.69 bits per heavy atom.